The molecule has 0 bridgehead atoms. The first-order chi connectivity index (χ1) is 9.27. The highest BCUT2D eigenvalue weighted by molar-refractivity contribution is 7.14. The molecule has 0 atom stereocenters. The summed E-state index contributed by atoms with van der Waals surface area (Å²) in [5.74, 6) is -0.705. The first kappa shape index (κ1) is 14.8. The van der Waals surface area contributed by atoms with Crippen LogP contribution in [-0.4, -0.2) is 10.9 Å². The molecule has 0 unspecified atom stereocenters. The normalized spacial score (nSPS) is 11.4. The van der Waals surface area contributed by atoms with Gasteiger partial charge in [-0.3, -0.25) is 4.79 Å². The van der Waals surface area contributed by atoms with Gasteiger partial charge in [0.2, 0.25) is 0 Å². The number of thiophene rings is 1. The van der Waals surface area contributed by atoms with Gasteiger partial charge in [0.05, 0.1) is 9.90 Å². The number of nitrogens with one attached hydrogen (secondary N) is 1. The molecule has 1 N–H and O–H groups in total. The Balaban J connectivity index is 2.20. The molecule has 2 heterocycles. The lowest BCUT2D eigenvalue weighted by molar-refractivity contribution is -0.141. The van der Waals surface area contributed by atoms with Gasteiger partial charge in [-0.05, 0) is 25.1 Å². The highest BCUT2D eigenvalue weighted by Crippen LogP contribution is 2.29. The van der Waals surface area contributed by atoms with Crippen molar-refractivity contribution in [3.05, 3.63) is 44.7 Å². The van der Waals surface area contributed by atoms with Crippen molar-refractivity contribution in [3.63, 3.8) is 0 Å². The average molecular weight is 321 g/mol. The van der Waals surface area contributed by atoms with E-state index in [4.69, 9.17) is 11.6 Å². The monoisotopic (exact) mass is 320 g/mol. The van der Waals surface area contributed by atoms with Gasteiger partial charge >= 0.3 is 6.18 Å². The zero-order chi connectivity index (χ0) is 14.9. The molecule has 2 aromatic heterocycles. The van der Waals surface area contributed by atoms with Gasteiger partial charge in [-0.15, -0.1) is 11.3 Å². The van der Waals surface area contributed by atoms with Crippen molar-refractivity contribution in [2.45, 2.75) is 13.1 Å². The number of amides is 1. The number of aryl methyl sites for hydroxylation is 1. The van der Waals surface area contributed by atoms with Crippen molar-refractivity contribution in [2.75, 3.05) is 5.32 Å². The summed E-state index contributed by atoms with van der Waals surface area (Å²) >= 11 is 6.99. The molecule has 3 nitrogen and oxygen atoms in total. The molecule has 8 heteroatoms. The van der Waals surface area contributed by atoms with Gasteiger partial charge in [0.15, 0.2) is 0 Å². The maximum atomic E-state index is 12.5. The quantitative estimate of drug-likeness (QED) is 0.892. The van der Waals surface area contributed by atoms with E-state index < -0.39 is 17.8 Å². The molecule has 1 amide bonds. The number of aromatic nitrogens is 1. The number of hydrogen-bond acceptors (Lipinski definition) is 3. The van der Waals surface area contributed by atoms with E-state index in [2.05, 4.69) is 10.3 Å². The first-order valence-corrected chi connectivity index (χ1v) is 6.58. The number of rotatable bonds is 2. The largest absolute Gasteiger partial charge is 0.433 e. The van der Waals surface area contributed by atoms with E-state index in [0.29, 0.717) is 9.90 Å². The van der Waals surface area contributed by atoms with E-state index in [0.717, 1.165) is 22.3 Å². The van der Waals surface area contributed by atoms with Crippen LogP contribution in [0.25, 0.3) is 0 Å². The average Bonchev–Trinajstić information content (AvgIpc) is 2.69. The van der Waals surface area contributed by atoms with Crippen molar-refractivity contribution in [3.8, 4) is 0 Å². The van der Waals surface area contributed by atoms with Crippen LogP contribution in [0.3, 0.4) is 0 Å². The second-order valence-corrected chi connectivity index (χ2v) is 5.54. The predicted molar refractivity (Wildman–Crippen MR) is 71.3 cm³/mol. The van der Waals surface area contributed by atoms with Crippen LogP contribution in [0.15, 0.2) is 24.3 Å². The topological polar surface area (TPSA) is 42.0 Å². The standard InChI is InChI=1S/C12H8ClF3N2OS/c1-6-7(13)5-8(20-6)11(19)18-10-4-2-3-9(17-10)12(14,15)16/h2-5H,1H3,(H,17,18,19). The minimum Gasteiger partial charge on any atom is -0.306 e. The molecule has 0 fully saturated rings. The number of halogens is 4. The molecule has 0 aromatic carbocycles. The van der Waals surface area contributed by atoms with E-state index in [-0.39, 0.29) is 5.82 Å². The predicted octanol–water partition coefficient (Wildman–Crippen LogP) is 4.38. The third-order valence-electron chi connectivity index (χ3n) is 2.36. The van der Waals surface area contributed by atoms with Gasteiger partial charge in [0, 0.05) is 4.88 Å². The number of alkyl halides is 3. The molecule has 106 valence electrons. The Morgan fingerprint density at radius 2 is 2.10 bits per heavy atom. The van der Waals surface area contributed by atoms with Gasteiger partial charge in [-0.1, -0.05) is 17.7 Å². The molecule has 0 saturated heterocycles. The summed E-state index contributed by atoms with van der Waals surface area (Å²) in [6.45, 7) is 1.74. The first-order valence-electron chi connectivity index (χ1n) is 5.39. The van der Waals surface area contributed by atoms with Crippen LogP contribution >= 0.6 is 22.9 Å². The molecule has 0 aliphatic heterocycles. The highest BCUT2D eigenvalue weighted by atomic mass is 35.5. The molecule has 0 radical (unpaired) electrons. The van der Waals surface area contributed by atoms with Gasteiger partial charge in [-0.2, -0.15) is 13.2 Å². The Bertz CT molecular complexity index is 635. The summed E-state index contributed by atoms with van der Waals surface area (Å²) in [7, 11) is 0. The van der Waals surface area contributed by atoms with Crippen molar-refractivity contribution in [1.29, 1.82) is 0 Å². The third kappa shape index (κ3) is 3.29. The zero-order valence-electron chi connectivity index (χ0n) is 10.1. The molecule has 0 spiro atoms. The summed E-state index contributed by atoms with van der Waals surface area (Å²) in [5.41, 5.74) is -1.06. The minimum atomic E-state index is -4.55. The second-order valence-electron chi connectivity index (χ2n) is 3.87. The summed E-state index contributed by atoms with van der Waals surface area (Å²) in [6, 6.07) is 4.76. The fourth-order valence-corrected chi connectivity index (χ4v) is 2.51. The number of carbonyl (C=O) groups excluding carboxylic acids is 1. The van der Waals surface area contributed by atoms with Gasteiger partial charge in [0.25, 0.3) is 5.91 Å². The maximum Gasteiger partial charge on any atom is 0.433 e. The number of carbonyl (C=O) groups is 1. The summed E-state index contributed by atoms with van der Waals surface area (Å²) < 4.78 is 37.5. The van der Waals surface area contributed by atoms with Crippen LogP contribution < -0.4 is 5.32 Å². The molecule has 2 aromatic rings. The van der Waals surface area contributed by atoms with Crippen LogP contribution in [-0.2, 0) is 6.18 Å². The lowest BCUT2D eigenvalue weighted by Crippen LogP contribution is -2.14. The van der Waals surface area contributed by atoms with E-state index in [9.17, 15) is 18.0 Å². The molecule has 0 aliphatic rings. The van der Waals surface area contributed by atoms with E-state index in [1.807, 2.05) is 0 Å². The number of hydrogen-bond donors (Lipinski definition) is 1. The fraction of sp³-hybridized carbons (Fsp3) is 0.167. The zero-order valence-corrected chi connectivity index (χ0v) is 11.7. The van der Waals surface area contributed by atoms with Gasteiger partial charge < -0.3 is 5.32 Å². The Hall–Kier alpha value is -1.60. The highest BCUT2D eigenvalue weighted by Gasteiger charge is 2.32. The number of anilines is 1. The summed E-state index contributed by atoms with van der Waals surface area (Å²) in [4.78, 5) is 16.3. The smallest absolute Gasteiger partial charge is 0.306 e. The Kier molecular flexibility index (Phi) is 4.01. The van der Waals surface area contributed by atoms with Crippen molar-refractivity contribution >= 4 is 34.7 Å². The van der Waals surface area contributed by atoms with Crippen molar-refractivity contribution in [2.24, 2.45) is 0 Å². The van der Waals surface area contributed by atoms with Crippen molar-refractivity contribution < 1.29 is 18.0 Å². The molecule has 0 aliphatic carbocycles. The fourth-order valence-electron chi connectivity index (χ4n) is 1.41. The van der Waals surface area contributed by atoms with Gasteiger partial charge in [0.1, 0.15) is 11.5 Å². The number of pyridine rings is 1. The van der Waals surface area contributed by atoms with E-state index in [1.54, 1.807) is 6.92 Å². The summed E-state index contributed by atoms with van der Waals surface area (Å²) in [5, 5.41) is 2.75. The Morgan fingerprint density at radius 3 is 2.65 bits per heavy atom. The van der Waals surface area contributed by atoms with Crippen molar-refractivity contribution in [1.82, 2.24) is 4.98 Å². The SMILES string of the molecule is Cc1sc(C(=O)Nc2cccc(C(F)(F)F)n2)cc1Cl. The summed E-state index contributed by atoms with van der Waals surface area (Å²) in [6.07, 6.45) is -4.55. The molecular weight excluding hydrogens is 313 g/mol. The molecule has 20 heavy (non-hydrogen) atoms. The molecule has 2 rings (SSSR count). The van der Waals surface area contributed by atoms with Crippen LogP contribution in [0.4, 0.5) is 19.0 Å². The minimum absolute atomic E-state index is 0.160. The Labute approximate surface area is 121 Å². The van der Waals surface area contributed by atoms with Gasteiger partial charge in [-0.25, -0.2) is 4.98 Å². The molecular formula is C12H8ClF3N2OS. The second kappa shape index (κ2) is 5.41. The van der Waals surface area contributed by atoms with Crippen LogP contribution in [0.1, 0.15) is 20.2 Å². The van der Waals surface area contributed by atoms with E-state index in [1.165, 1.54) is 18.2 Å². The molecule has 0 saturated carbocycles. The number of nitrogens with zero attached hydrogens (tertiary/aromatic N) is 1. The maximum absolute atomic E-state index is 12.5. The van der Waals surface area contributed by atoms with Crippen LogP contribution in [0.2, 0.25) is 5.02 Å². The van der Waals surface area contributed by atoms with E-state index >= 15 is 0 Å². The third-order valence-corrected chi connectivity index (χ3v) is 3.92. The lowest BCUT2D eigenvalue weighted by atomic mass is 10.3. The van der Waals surface area contributed by atoms with Crippen LogP contribution in [0.5, 0.6) is 0 Å². The Morgan fingerprint density at radius 1 is 1.40 bits per heavy atom. The van der Waals surface area contributed by atoms with Crippen LogP contribution in [0, 0.1) is 6.92 Å². The lowest BCUT2D eigenvalue weighted by Gasteiger charge is -2.08.